The van der Waals surface area contributed by atoms with Gasteiger partial charge in [-0.15, -0.1) is 0 Å². The molecule has 2 amide bonds. The molecule has 1 atom stereocenters. The van der Waals surface area contributed by atoms with E-state index in [-0.39, 0.29) is 28.7 Å². The van der Waals surface area contributed by atoms with E-state index in [9.17, 15) is 22.4 Å². The van der Waals surface area contributed by atoms with Crippen LogP contribution in [0.2, 0.25) is 0 Å². The molecular formula is C21H22FN5O5S. The van der Waals surface area contributed by atoms with Gasteiger partial charge in [0.2, 0.25) is 27.6 Å². The molecule has 3 rings (SSSR count). The highest BCUT2D eigenvalue weighted by molar-refractivity contribution is 7.89. The standard InChI is InChI=1S/C21H22FN5O5S/c1-13(21-25-19(26-32-21)14-7-9-16(22)10-8-14)24-18(28)12-23-20(29)15-5-4-6-17(11-15)33(30,31)27(2)3/h4-11,13H,12H2,1-3H3,(H,23,29)(H,24,28). The van der Waals surface area contributed by atoms with Gasteiger partial charge in [-0.25, -0.2) is 17.1 Å². The van der Waals surface area contributed by atoms with Gasteiger partial charge < -0.3 is 15.2 Å². The van der Waals surface area contributed by atoms with Crippen molar-refractivity contribution in [1.82, 2.24) is 25.1 Å². The average molecular weight is 476 g/mol. The normalized spacial score (nSPS) is 12.4. The zero-order valence-corrected chi connectivity index (χ0v) is 18.9. The SMILES string of the molecule is CC(NC(=O)CNC(=O)c1cccc(S(=O)(=O)N(C)C)c1)c1nc(-c2ccc(F)cc2)no1. The lowest BCUT2D eigenvalue weighted by Crippen LogP contribution is -2.38. The predicted molar refractivity (Wildman–Crippen MR) is 116 cm³/mol. The van der Waals surface area contributed by atoms with E-state index in [2.05, 4.69) is 20.8 Å². The topological polar surface area (TPSA) is 134 Å². The minimum Gasteiger partial charge on any atom is -0.343 e. The van der Waals surface area contributed by atoms with Gasteiger partial charge in [0.15, 0.2) is 0 Å². The summed E-state index contributed by atoms with van der Waals surface area (Å²) in [5, 5.41) is 8.87. The van der Waals surface area contributed by atoms with E-state index in [1.165, 1.54) is 62.6 Å². The maximum absolute atomic E-state index is 13.1. The van der Waals surface area contributed by atoms with Crippen LogP contribution in [0.25, 0.3) is 11.4 Å². The first-order chi connectivity index (χ1) is 15.6. The van der Waals surface area contributed by atoms with Gasteiger partial charge in [-0.2, -0.15) is 4.98 Å². The quantitative estimate of drug-likeness (QED) is 0.507. The van der Waals surface area contributed by atoms with Gasteiger partial charge >= 0.3 is 0 Å². The van der Waals surface area contributed by atoms with Crippen LogP contribution in [-0.4, -0.2) is 55.3 Å². The second-order valence-electron chi connectivity index (χ2n) is 7.25. The molecular weight excluding hydrogens is 453 g/mol. The van der Waals surface area contributed by atoms with Crippen LogP contribution in [0, 0.1) is 5.82 Å². The van der Waals surface area contributed by atoms with Crippen LogP contribution in [0.3, 0.4) is 0 Å². The fourth-order valence-corrected chi connectivity index (χ4v) is 3.70. The molecule has 0 bridgehead atoms. The number of amides is 2. The van der Waals surface area contributed by atoms with Gasteiger partial charge in [-0.3, -0.25) is 9.59 Å². The minimum absolute atomic E-state index is 0.0356. The van der Waals surface area contributed by atoms with Gasteiger partial charge in [-0.05, 0) is 49.4 Å². The molecule has 0 aliphatic heterocycles. The lowest BCUT2D eigenvalue weighted by molar-refractivity contribution is -0.120. The van der Waals surface area contributed by atoms with Crippen molar-refractivity contribution in [2.75, 3.05) is 20.6 Å². The number of carbonyl (C=O) groups excluding carboxylic acids is 2. The van der Waals surface area contributed by atoms with Crippen molar-refractivity contribution >= 4 is 21.8 Å². The Kier molecular flexibility index (Phi) is 7.19. The van der Waals surface area contributed by atoms with Crippen LogP contribution in [-0.2, 0) is 14.8 Å². The first-order valence-electron chi connectivity index (χ1n) is 9.77. The van der Waals surface area contributed by atoms with Crippen molar-refractivity contribution < 1.29 is 26.9 Å². The number of halogens is 1. The molecule has 0 fully saturated rings. The van der Waals surface area contributed by atoms with Crippen LogP contribution in [0.1, 0.15) is 29.2 Å². The van der Waals surface area contributed by atoms with Crippen LogP contribution in [0.5, 0.6) is 0 Å². The summed E-state index contributed by atoms with van der Waals surface area (Å²) in [6.45, 7) is 1.27. The lowest BCUT2D eigenvalue weighted by Gasteiger charge is -2.13. The zero-order chi connectivity index (χ0) is 24.2. The van der Waals surface area contributed by atoms with Gasteiger partial charge in [0, 0.05) is 25.2 Å². The molecule has 0 saturated carbocycles. The highest BCUT2D eigenvalue weighted by Crippen LogP contribution is 2.19. The Balaban J connectivity index is 1.57. The fraction of sp³-hybridized carbons (Fsp3) is 0.238. The van der Waals surface area contributed by atoms with Crippen LogP contribution in [0.4, 0.5) is 4.39 Å². The van der Waals surface area contributed by atoms with Gasteiger partial charge in [0.05, 0.1) is 11.4 Å². The Labute approximate surface area is 189 Å². The smallest absolute Gasteiger partial charge is 0.251 e. The number of carbonyl (C=O) groups is 2. The van der Waals surface area contributed by atoms with E-state index in [1.54, 1.807) is 6.92 Å². The predicted octanol–water partition coefficient (Wildman–Crippen LogP) is 1.73. The summed E-state index contributed by atoms with van der Waals surface area (Å²) in [5.74, 6) is -1.14. The van der Waals surface area contributed by atoms with E-state index < -0.39 is 33.7 Å². The van der Waals surface area contributed by atoms with Crippen LogP contribution in [0.15, 0.2) is 57.9 Å². The molecule has 0 aliphatic carbocycles. The summed E-state index contributed by atoms with van der Waals surface area (Å²) in [5.41, 5.74) is 0.648. The second kappa shape index (κ2) is 9.88. The van der Waals surface area contributed by atoms with Crippen molar-refractivity contribution in [2.45, 2.75) is 17.9 Å². The average Bonchev–Trinajstić information content (AvgIpc) is 3.28. The molecule has 2 N–H and O–H groups in total. The van der Waals surface area contributed by atoms with E-state index in [0.717, 1.165) is 4.31 Å². The van der Waals surface area contributed by atoms with Crippen molar-refractivity contribution in [3.63, 3.8) is 0 Å². The number of nitrogens with one attached hydrogen (secondary N) is 2. The van der Waals surface area contributed by atoms with E-state index in [4.69, 9.17) is 4.52 Å². The first-order valence-corrected chi connectivity index (χ1v) is 11.2. The number of sulfonamides is 1. The number of hydrogen-bond donors (Lipinski definition) is 2. The number of nitrogens with zero attached hydrogens (tertiary/aromatic N) is 3. The number of aromatic nitrogens is 2. The van der Waals surface area contributed by atoms with Crippen LogP contribution >= 0.6 is 0 Å². The zero-order valence-electron chi connectivity index (χ0n) is 18.1. The molecule has 1 unspecified atom stereocenters. The Morgan fingerprint density at radius 3 is 2.52 bits per heavy atom. The maximum atomic E-state index is 13.1. The summed E-state index contributed by atoms with van der Waals surface area (Å²) in [4.78, 5) is 28.8. The third-order valence-corrected chi connectivity index (χ3v) is 6.39. The largest absolute Gasteiger partial charge is 0.343 e. The Hall–Kier alpha value is -3.64. The fourth-order valence-electron chi connectivity index (χ4n) is 2.75. The van der Waals surface area contributed by atoms with Crippen molar-refractivity contribution in [3.8, 4) is 11.4 Å². The highest BCUT2D eigenvalue weighted by atomic mass is 32.2. The molecule has 10 nitrogen and oxygen atoms in total. The molecule has 1 heterocycles. The minimum atomic E-state index is -3.70. The third-order valence-electron chi connectivity index (χ3n) is 4.58. The van der Waals surface area contributed by atoms with E-state index in [0.29, 0.717) is 5.56 Å². The van der Waals surface area contributed by atoms with Gasteiger partial charge in [0.1, 0.15) is 11.9 Å². The molecule has 0 radical (unpaired) electrons. The molecule has 0 aliphatic rings. The molecule has 2 aromatic carbocycles. The Morgan fingerprint density at radius 1 is 1.15 bits per heavy atom. The van der Waals surface area contributed by atoms with E-state index >= 15 is 0 Å². The second-order valence-corrected chi connectivity index (χ2v) is 9.40. The van der Waals surface area contributed by atoms with Crippen LogP contribution < -0.4 is 10.6 Å². The highest BCUT2D eigenvalue weighted by Gasteiger charge is 2.20. The Morgan fingerprint density at radius 2 is 1.85 bits per heavy atom. The first kappa shape index (κ1) is 24.0. The molecule has 0 saturated heterocycles. The van der Waals surface area contributed by atoms with Crippen molar-refractivity contribution in [1.29, 1.82) is 0 Å². The van der Waals surface area contributed by atoms with Crippen molar-refractivity contribution in [2.24, 2.45) is 0 Å². The number of hydrogen-bond acceptors (Lipinski definition) is 7. The molecule has 1 aromatic heterocycles. The van der Waals surface area contributed by atoms with E-state index in [1.807, 2.05) is 0 Å². The lowest BCUT2D eigenvalue weighted by atomic mass is 10.2. The molecule has 174 valence electrons. The summed E-state index contributed by atoms with van der Waals surface area (Å²) in [6, 6.07) is 10.4. The number of rotatable bonds is 8. The third kappa shape index (κ3) is 5.79. The van der Waals surface area contributed by atoms with Crippen molar-refractivity contribution in [3.05, 3.63) is 65.8 Å². The summed E-state index contributed by atoms with van der Waals surface area (Å²) in [7, 11) is -0.922. The summed E-state index contributed by atoms with van der Waals surface area (Å²) in [6.07, 6.45) is 0. The number of benzene rings is 2. The molecule has 3 aromatic rings. The maximum Gasteiger partial charge on any atom is 0.251 e. The molecule has 33 heavy (non-hydrogen) atoms. The summed E-state index contributed by atoms with van der Waals surface area (Å²) >= 11 is 0. The molecule has 12 heteroatoms. The van der Waals surface area contributed by atoms with Gasteiger partial charge in [-0.1, -0.05) is 11.2 Å². The Bertz CT molecular complexity index is 1260. The molecule has 0 spiro atoms. The van der Waals surface area contributed by atoms with Gasteiger partial charge in [0.25, 0.3) is 5.91 Å². The summed E-state index contributed by atoms with van der Waals surface area (Å²) < 4.78 is 43.7. The monoisotopic (exact) mass is 475 g/mol.